The first-order chi connectivity index (χ1) is 15.1. The number of ether oxygens (including phenoxy) is 1. The topological polar surface area (TPSA) is 148 Å². The van der Waals surface area contributed by atoms with Crippen molar-refractivity contribution in [3.8, 4) is 5.75 Å². The third kappa shape index (κ3) is 6.49. The minimum atomic E-state index is -1.49. The highest BCUT2D eigenvalue weighted by molar-refractivity contribution is 5.90. The van der Waals surface area contributed by atoms with Crippen LogP contribution in [-0.2, 0) is 27.2 Å². The van der Waals surface area contributed by atoms with Gasteiger partial charge in [0.1, 0.15) is 23.7 Å². The predicted octanol–water partition coefficient (Wildman–Crippen LogP) is 1.60. The minimum Gasteiger partial charge on any atom is -0.496 e. The summed E-state index contributed by atoms with van der Waals surface area (Å²) in [6, 6.07) is 6.64. The van der Waals surface area contributed by atoms with Crippen molar-refractivity contribution in [1.29, 1.82) is 0 Å². The highest BCUT2D eigenvalue weighted by Gasteiger charge is 2.28. The van der Waals surface area contributed by atoms with Gasteiger partial charge in [0.25, 0.3) is 5.69 Å². The lowest BCUT2D eigenvalue weighted by atomic mass is 10.0. The van der Waals surface area contributed by atoms with E-state index in [1.54, 1.807) is 6.07 Å². The Labute approximate surface area is 182 Å². The van der Waals surface area contributed by atoms with E-state index in [4.69, 9.17) is 4.74 Å². The predicted molar refractivity (Wildman–Crippen MR) is 111 cm³/mol. The Morgan fingerprint density at radius 2 is 1.75 bits per heavy atom. The van der Waals surface area contributed by atoms with Gasteiger partial charge in [0.05, 0.1) is 12.0 Å². The monoisotopic (exact) mass is 447 g/mol. The lowest BCUT2D eigenvalue weighted by Crippen LogP contribution is -2.52. The lowest BCUT2D eigenvalue weighted by molar-refractivity contribution is -0.384. The number of nitro groups is 1. The van der Waals surface area contributed by atoms with Crippen LogP contribution < -0.4 is 15.4 Å². The minimum absolute atomic E-state index is 0.161. The van der Waals surface area contributed by atoms with Gasteiger partial charge in [-0.3, -0.25) is 19.7 Å². The summed E-state index contributed by atoms with van der Waals surface area (Å²) >= 11 is 0. The molecule has 0 fully saturated rings. The van der Waals surface area contributed by atoms with Crippen LogP contribution in [0.3, 0.4) is 0 Å². The van der Waals surface area contributed by atoms with Gasteiger partial charge >= 0.3 is 5.97 Å². The molecule has 0 radical (unpaired) electrons. The number of benzene rings is 2. The summed E-state index contributed by atoms with van der Waals surface area (Å²) in [6.07, 6.45) is -0.525. The van der Waals surface area contributed by atoms with Gasteiger partial charge in [-0.25, -0.2) is 9.18 Å². The number of hydrogen-bond donors (Lipinski definition) is 3. The van der Waals surface area contributed by atoms with Gasteiger partial charge in [-0.1, -0.05) is 18.2 Å². The average Bonchev–Trinajstić information content (AvgIpc) is 2.73. The first-order valence-electron chi connectivity index (χ1n) is 9.47. The van der Waals surface area contributed by atoms with Gasteiger partial charge in [0.2, 0.25) is 11.8 Å². The van der Waals surface area contributed by atoms with Crippen LogP contribution in [0.2, 0.25) is 0 Å². The maximum Gasteiger partial charge on any atom is 0.326 e. The first kappa shape index (κ1) is 24.3. The van der Waals surface area contributed by atoms with Gasteiger partial charge in [-0.15, -0.1) is 0 Å². The Balaban J connectivity index is 2.26. The summed E-state index contributed by atoms with van der Waals surface area (Å²) in [7, 11) is 1.32. The number of carboxylic acids is 1. The molecule has 2 rings (SSSR count). The molecule has 10 nitrogen and oxygen atoms in total. The first-order valence-corrected chi connectivity index (χ1v) is 9.47. The number of nitrogens with one attached hydrogen (secondary N) is 2. The molecule has 0 saturated heterocycles. The highest BCUT2D eigenvalue weighted by atomic mass is 19.1. The van der Waals surface area contributed by atoms with Crippen molar-refractivity contribution in [2.45, 2.75) is 31.8 Å². The molecule has 0 heterocycles. The molecule has 0 aliphatic heterocycles. The number of carbonyl (C=O) groups excluding carboxylic acids is 2. The fourth-order valence-electron chi connectivity index (χ4n) is 3.07. The van der Waals surface area contributed by atoms with Crippen molar-refractivity contribution in [2.24, 2.45) is 0 Å². The number of halogens is 1. The zero-order chi connectivity index (χ0) is 23.8. The number of nitrogens with zero attached hydrogens (tertiary/aromatic N) is 1. The van der Waals surface area contributed by atoms with Gasteiger partial charge in [-0.05, 0) is 17.7 Å². The van der Waals surface area contributed by atoms with Crippen molar-refractivity contribution in [1.82, 2.24) is 10.6 Å². The fourth-order valence-corrected chi connectivity index (χ4v) is 3.07. The molecule has 3 N–H and O–H groups in total. The molecule has 170 valence electrons. The highest BCUT2D eigenvalue weighted by Crippen LogP contribution is 2.25. The van der Waals surface area contributed by atoms with E-state index in [1.807, 2.05) is 0 Å². The largest absolute Gasteiger partial charge is 0.496 e. The quantitative estimate of drug-likeness (QED) is 0.370. The van der Waals surface area contributed by atoms with E-state index < -0.39 is 40.6 Å². The van der Waals surface area contributed by atoms with E-state index in [0.717, 1.165) is 6.07 Å². The molecule has 2 atom stereocenters. The normalized spacial score (nSPS) is 12.3. The Morgan fingerprint density at radius 1 is 1.09 bits per heavy atom. The molecule has 2 aromatic rings. The molecule has 0 aromatic heterocycles. The number of methoxy groups -OCH3 is 1. The maximum absolute atomic E-state index is 14.0. The number of nitro benzene ring substituents is 1. The van der Waals surface area contributed by atoms with Gasteiger partial charge in [0, 0.05) is 37.5 Å². The SMILES string of the molecule is COc1ccc([N+](=O)[O-])cc1C[C@@H](NC(=O)[C@H](Cc1ccccc1F)NC(C)=O)C(=O)O. The average molecular weight is 447 g/mol. The van der Waals surface area contributed by atoms with E-state index in [1.165, 1.54) is 44.4 Å². The Morgan fingerprint density at radius 3 is 2.31 bits per heavy atom. The third-order valence-electron chi connectivity index (χ3n) is 4.59. The zero-order valence-electron chi connectivity index (χ0n) is 17.3. The van der Waals surface area contributed by atoms with Crippen molar-refractivity contribution < 1.29 is 33.5 Å². The van der Waals surface area contributed by atoms with E-state index in [-0.39, 0.29) is 35.4 Å². The number of hydrogen-bond acceptors (Lipinski definition) is 6. The molecule has 0 aliphatic carbocycles. The molecular formula is C21H22FN3O7. The molecule has 2 aromatic carbocycles. The summed E-state index contributed by atoms with van der Waals surface area (Å²) in [5, 5.41) is 25.3. The van der Waals surface area contributed by atoms with Crippen LogP contribution in [0, 0.1) is 15.9 Å². The Bertz CT molecular complexity index is 1030. The number of aliphatic carboxylic acids is 1. The third-order valence-corrected chi connectivity index (χ3v) is 4.59. The molecule has 2 amide bonds. The second-order valence-electron chi connectivity index (χ2n) is 6.91. The molecular weight excluding hydrogens is 425 g/mol. The van der Waals surface area contributed by atoms with E-state index in [0.29, 0.717) is 0 Å². The van der Waals surface area contributed by atoms with Crippen LogP contribution in [0.15, 0.2) is 42.5 Å². The number of amides is 2. The van der Waals surface area contributed by atoms with Crippen LogP contribution in [-0.4, -0.2) is 47.0 Å². The number of carbonyl (C=O) groups is 3. The van der Waals surface area contributed by atoms with E-state index >= 15 is 0 Å². The standard InChI is InChI=1S/C21H22FN3O7/c1-12(26)23-17(10-13-5-3-4-6-16(13)22)20(27)24-18(21(28)29)11-14-9-15(25(30)31)7-8-19(14)32-2/h3-9,17-18H,10-11H2,1-2H3,(H,23,26)(H,24,27)(H,28,29)/t17-,18+/m0/s1. The van der Waals surface area contributed by atoms with E-state index in [9.17, 15) is 34.0 Å². The molecule has 0 bridgehead atoms. The molecule has 0 spiro atoms. The van der Waals surface area contributed by atoms with Gasteiger partial charge in [0.15, 0.2) is 0 Å². The van der Waals surface area contributed by atoms with Crippen LogP contribution in [0.4, 0.5) is 10.1 Å². The van der Waals surface area contributed by atoms with Crippen molar-refractivity contribution in [3.05, 3.63) is 69.5 Å². The lowest BCUT2D eigenvalue weighted by Gasteiger charge is -2.22. The molecule has 0 unspecified atom stereocenters. The Hall–Kier alpha value is -4.02. The van der Waals surface area contributed by atoms with Gasteiger partial charge in [-0.2, -0.15) is 0 Å². The van der Waals surface area contributed by atoms with Crippen molar-refractivity contribution in [2.75, 3.05) is 7.11 Å². The fraction of sp³-hybridized carbons (Fsp3) is 0.286. The maximum atomic E-state index is 14.0. The summed E-state index contributed by atoms with van der Waals surface area (Å²) in [5.74, 6) is -3.18. The summed E-state index contributed by atoms with van der Waals surface area (Å²) < 4.78 is 19.1. The zero-order valence-corrected chi connectivity index (χ0v) is 17.3. The molecule has 0 saturated carbocycles. The van der Waals surface area contributed by atoms with Crippen LogP contribution in [0.1, 0.15) is 18.1 Å². The molecule has 11 heteroatoms. The van der Waals surface area contributed by atoms with Gasteiger partial charge < -0.3 is 20.5 Å². The number of carboxylic acid groups (broad SMARTS) is 1. The number of rotatable bonds is 10. The Kier molecular flexibility index (Phi) is 8.22. The second-order valence-corrected chi connectivity index (χ2v) is 6.91. The van der Waals surface area contributed by atoms with Crippen molar-refractivity contribution >= 4 is 23.5 Å². The summed E-state index contributed by atoms with van der Waals surface area (Å²) in [5.41, 5.74) is 0.0835. The molecule has 0 aliphatic rings. The van der Waals surface area contributed by atoms with Crippen LogP contribution in [0.5, 0.6) is 5.75 Å². The summed E-state index contributed by atoms with van der Waals surface area (Å²) in [6.45, 7) is 1.17. The van der Waals surface area contributed by atoms with Crippen molar-refractivity contribution in [3.63, 3.8) is 0 Å². The summed E-state index contributed by atoms with van der Waals surface area (Å²) in [4.78, 5) is 46.5. The van der Waals surface area contributed by atoms with Crippen LogP contribution >= 0.6 is 0 Å². The number of non-ortho nitro benzene ring substituents is 1. The molecule has 32 heavy (non-hydrogen) atoms. The van der Waals surface area contributed by atoms with E-state index in [2.05, 4.69) is 10.6 Å². The smallest absolute Gasteiger partial charge is 0.326 e. The second kappa shape index (κ2) is 10.8. The van der Waals surface area contributed by atoms with Crippen LogP contribution in [0.25, 0.3) is 0 Å².